The van der Waals surface area contributed by atoms with E-state index >= 15 is 0 Å². The smallest absolute Gasteiger partial charge is 0.264 e. The van der Waals surface area contributed by atoms with E-state index in [0.717, 1.165) is 25.2 Å². The van der Waals surface area contributed by atoms with Gasteiger partial charge in [0.2, 0.25) is 0 Å². The molecule has 9 heteroatoms. The van der Waals surface area contributed by atoms with Crippen LogP contribution in [0.5, 0.6) is 0 Å². The van der Waals surface area contributed by atoms with Crippen molar-refractivity contribution in [1.82, 2.24) is 4.90 Å². The number of benzene rings is 2. The third-order valence-electron chi connectivity index (χ3n) is 5.45. The van der Waals surface area contributed by atoms with Gasteiger partial charge in [-0.15, -0.1) is 11.8 Å². The Bertz CT molecular complexity index is 1040. The largest absolute Gasteiger partial charge is 0.366 e. The maximum absolute atomic E-state index is 14.8. The Balaban J connectivity index is 1.70. The van der Waals surface area contributed by atoms with Crippen LogP contribution in [0.1, 0.15) is 5.56 Å². The lowest BCUT2D eigenvalue weighted by Crippen LogP contribution is -2.45. The summed E-state index contributed by atoms with van der Waals surface area (Å²) in [6.45, 7) is 3.16. The van der Waals surface area contributed by atoms with Crippen molar-refractivity contribution in [1.29, 1.82) is 0 Å². The highest BCUT2D eigenvalue weighted by molar-refractivity contribution is 8.04. The maximum atomic E-state index is 14.8. The lowest BCUT2D eigenvalue weighted by atomic mass is 10.1. The molecule has 0 aromatic heterocycles. The van der Waals surface area contributed by atoms with Gasteiger partial charge in [0, 0.05) is 49.7 Å². The molecule has 0 spiro atoms. The molecule has 0 atom stereocenters. The molecule has 164 valence electrons. The van der Waals surface area contributed by atoms with Crippen molar-refractivity contribution in [2.45, 2.75) is 0 Å². The Morgan fingerprint density at radius 1 is 0.968 bits per heavy atom. The van der Waals surface area contributed by atoms with Gasteiger partial charge in [-0.05, 0) is 43.5 Å². The summed E-state index contributed by atoms with van der Waals surface area (Å²) in [6.07, 6.45) is 1.47. The number of amides is 1. The molecule has 2 aliphatic rings. The molecule has 31 heavy (non-hydrogen) atoms. The van der Waals surface area contributed by atoms with Gasteiger partial charge in [-0.3, -0.25) is 4.79 Å². The molecule has 2 aliphatic heterocycles. The van der Waals surface area contributed by atoms with Crippen molar-refractivity contribution < 1.29 is 13.6 Å². The van der Waals surface area contributed by atoms with E-state index < -0.39 is 11.6 Å². The molecular weight excluding hydrogens is 463 g/mol. The highest BCUT2D eigenvalue weighted by Crippen LogP contribution is 2.36. The van der Waals surface area contributed by atoms with Crippen LogP contribution in [0.2, 0.25) is 10.0 Å². The van der Waals surface area contributed by atoms with Crippen LogP contribution >= 0.6 is 35.0 Å². The zero-order valence-electron chi connectivity index (χ0n) is 16.9. The number of rotatable bonds is 3. The van der Waals surface area contributed by atoms with E-state index in [0.29, 0.717) is 46.0 Å². The zero-order valence-corrected chi connectivity index (χ0v) is 19.2. The summed E-state index contributed by atoms with van der Waals surface area (Å²) in [6, 6.07) is 7.24. The minimum absolute atomic E-state index is 0.108. The lowest BCUT2D eigenvalue weighted by molar-refractivity contribution is -0.114. The van der Waals surface area contributed by atoms with Crippen LogP contribution in [0.15, 0.2) is 35.2 Å². The van der Waals surface area contributed by atoms with Gasteiger partial charge in [0.15, 0.2) is 0 Å². The number of piperazine rings is 1. The molecule has 4 nitrogen and oxygen atoms in total. The first-order valence-corrected chi connectivity index (χ1v) is 11.6. The van der Waals surface area contributed by atoms with Gasteiger partial charge in [0.1, 0.15) is 11.6 Å². The normalized spacial score (nSPS) is 19.4. The molecule has 0 radical (unpaired) electrons. The predicted octanol–water partition coefficient (Wildman–Crippen LogP) is 5.14. The molecule has 0 bridgehead atoms. The Kier molecular flexibility index (Phi) is 6.77. The van der Waals surface area contributed by atoms with Crippen LogP contribution in [0.25, 0.3) is 6.08 Å². The van der Waals surface area contributed by atoms with E-state index in [2.05, 4.69) is 4.90 Å². The average Bonchev–Trinajstić information content (AvgIpc) is 2.75. The molecule has 2 aromatic rings. The summed E-state index contributed by atoms with van der Waals surface area (Å²) in [5.74, 6) is -0.698. The van der Waals surface area contributed by atoms with E-state index in [1.807, 2.05) is 11.9 Å². The van der Waals surface area contributed by atoms with E-state index in [-0.39, 0.29) is 17.2 Å². The van der Waals surface area contributed by atoms with E-state index in [1.165, 1.54) is 17.8 Å². The first-order valence-electron chi connectivity index (χ1n) is 9.88. The second-order valence-corrected chi connectivity index (χ2v) is 9.45. The second kappa shape index (κ2) is 9.36. The SMILES string of the molecule is CN1CCN(c2c(F)ccc(F)c2/C=C2\SCCN(c3ccc(Cl)c(Cl)c3)C2=O)CC1. The second-order valence-electron chi connectivity index (χ2n) is 7.49. The summed E-state index contributed by atoms with van der Waals surface area (Å²) in [4.78, 5) is 19.1. The Labute approximate surface area is 194 Å². The highest BCUT2D eigenvalue weighted by atomic mass is 35.5. The number of carbonyl (C=O) groups excluding carboxylic acids is 1. The van der Waals surface area contributed by atoms with Gasteiger partial charge >= 0.3 is 0 Å². The lowest BCUT2D eigenvalue weighted by Gasteiger charge is -2.35. The molecule has 2 fully saturated rings. The van der Waals surface area contributed by atoms with E-state index in [9.17, 15) is 13.6 Å². The van der Waals surface area contributed by atoms with Crippen molar-refractivity contribution in [3.8, 4) is 0 Å². The Morgan fingerprint density at radius 3 is 2.39 bits per heavy atom. The third-order valence-corrected chi connectivity index (χ3v) is 7.18. The molecular formula is C22H21Cl2F2N3OS. The summed E-state index contributed by atoms with van der Waals surface area (Å²) >= 11 is 13.4. The minimum atomic E-state index is -0.553. The van der Waals surface area contributed by atoms with Gasteiger partial charge < -0.3 is 14.7 Å². The number of thioether (sulfide) groups is 1. The molecule has 0 aliphatic carbocycles. The number of carbonyl (C=O) groups is 1. The minimum Gasteiger partial charge on any atom is -0.366 e. The van der Waals surface area contributed by atoms with Gasteiger partial charge in [-0.1, -0.05) is 23.2 Å². The van der Waals surface area contributed by atoms with E-state index in [1.54, 1.807) is 23.1 Å². The number of nitrogens with zero attached hydrogens (tertiary/aromatic N) is 3. The maximum Gasteiger partial charge on any atom is 0.264 e. The monoisotopic (exact) mass is 483 g/mol. The predicted molar refractivity (Wildman–Crippen MR) is 125 cm³/mol. The number of halogens is 4. The van der Waals surface area contributed by atoms with Gasteiger partial charge in [0.25, 0.3) is 5.91 Å². The van der Waals surface area contributed by atoms with Crippen molar-refractivity contribution in [3.63, 3.8) is 0 Å². The molecule has 0 unspecified atom stereocenters. The molecule has 0 N–H and O–H groups in total. The third kappa shape index (κ3) is 4.70. The van der Waals surface area contributed by atoms with Crippen LogP contribution in [0.4, 0.5) is 20.2 Å². The fourth-order valence-electron chi connectivity index (χ4n) is 3.72. The van der Waals surface area contributed by atoms with E-state index in [4.69, 9.17) is 23.2 Å². The molecule has 2 heterocycles. The van der Waals surface area contributed by atoms with Gasteiger partial charge in [-0.2, -0.15) is 0 Å². The van der Waals surface area contributed by atoms with Crippen molar-refractivity contribution in [3.05, 3.63) is 62.5 Å². The topological polar surface area (TPSA) is 26.8 Å². The number of anilines is 2. The van der Waals surface area contributed by atoms with Crippen LogP contribution < -0.4 is 9.80 Å². The Hall–Kier alpha value is -1.80. The summed E-state index contributed by atoms with van der Waals surface area (Å²) in [5.41, 5.74) is 0.932. The standard InChI is InChI=1S/C22H21Cl2F2N3OS/c1-27-6-8-28(9-7-27)21-15(18(25)4-5-19(21)26)13-20-22(30)29(10-11-31-20)14-2-3-16(23)17(24)12-14/h2-5,12-13H,6-11H2,1H3/b20-13-. The Morgan fingerprint density at radius 2 is 1.68 bits per heavy atom. The fraction of sp³-hybridized carbons (Fsp3) is 0.318. The summed E-state index contributed by atoms with van der Waals surface area (Å²) in [7, 11) is 2.00. The van der Waals surface area contributed by atoms with Crippen LogP contribution in [-0.2, 0) is 4.79 Å². The zero-order chi connectivity index (χ0) is 22.1. The van der Waals surface area contributed by atoms with Crippen molar-refractivity contribution in [2.75, 3.05) is 55.3 Å². The van der Waals surface area contributed by atoms with Crippen LogP contribution in [0, 0.1) is 11.6 Å². The first-order chi connectivity index (χ1) is 14.8. The molecule has 2 aromatic carbocycles. The quantitative estimate of drug-likeness (QED) is 0.564. The fourth-order valence-corrected chi connectivity index (χ4v) is 4.94. The highest BCUT2D eigenvalue weighted by Gasteiger charge is 2.28. The summed E-state index contributed by atoms with van der Waals surface area (Å²) < 4.78 is 29.7. The van der Waals surface area contributed by atoms with Gasteiger partial charge in [0.05, 0.1) is 20.6 Å². The molecule has 1 amide bonds. The molecule has 4 rings (SSSR count). The first kappa shape index (κ1) is 22.4. The van der Waals surface area contributed by atoms with Crippen molar-refractivity contribution >= 4 is 58.3 Å². The number of hydrogen-bond acceptors (Lipinski definition) is 4. The van der Waals surface area contributed by atoms with Crippen LogP contribution in [-0.4, -0.2) is 56.3 Å². The number of hydrogen-bond donors (Lipinski definition) is 0. The number of likely N-dealkylation sites (N-methyl/N-ethyl adjacent to an activating group) is 1. The van der Waals surface area contributed by atoms with Crippen molar-refractivity contribution in [2.24, 2.45) is 0 Å². The average molecular weight is 484 g/mol. The van der Waals surface area contributed by atoms with Crippen LogP contribution in [0.3, 0.4) is 0 Å². The molecule has 2 saturated heterocycles. The van der Waals surface area contributed by atoms with Gasteiger partial charge in [-0.25, -0.2) is 8.78 Å². The molecule has 0 saturated carbocycles. The summed E-state index contributed by atoms with van der Waals surface area (Å²) in [5, 5.41) is 0.753.